The van der Waals surface area contributed by atoms with Gasteiger partial charge in [-0.2, -0.15) is 0 Å². The predicted molar refractivity (Wildman–Crippen MR) is 102 cm³/mol. The zero-order valence-corrected chi connectivity index (χ0v) is 16.2. The van der Waals surface area contributed by atoms with Gasteiger partial charge in [-0.3, -0.25) is 0 Å². The maximum absolute atomic E-state index is 12.7. The summed E-state index contributed by atoms with van der Waals surface area (Å²) in [6, 6.07) is 16.1. The van der Waals surface area contributed by atoms with E-state index in [-0.39, 0.29) is 5.97 Å². The van der Waals surface area contributed by atoms with Gasteiger partial charge >= 0.3 is 5.97 Å². The molecular formula is C20H9BrCl2O3. The maximum Gasteiger partial charge on any atom is 0.340 e. The zero-order chi connectivity index (χ0) is 18.1. The van der Waals surface area contributed by atoms with Crippen LogP contribution >= 0.6 is 39.1 Å². The van der Waals surface area contributed by atoms with Gasteiger partial charge in [0, 0.05) is 31.2 Å². The van der Waals surface area contributed by atoms with E-state index in [1.54, 1.807) is 30.3 Å². The number of hydrogen-bond acceptors (Lipinski definition) is 3. The minimum Gasteiger partial charge on any atom is -0.456 e. The molecule has 0 aromatic heterocycles. The summed E-state index contributed by atoms with van der Waals surface area (Å²) < 4.78 is 12.9. The van der Waals surface area contributed by atoms with Gasteiger partial charge in [-0.15, -0.1) is 0 Å². The van der Waals surface area contributed by atoms with E-state index in [0.717, 1.165) is 21.2 Å². The number of rotatable bonds is 0. The molecule has 3 aromatic carbocycles. The number of carbonyl (C=O) groups is 1. The van der Waals surface area contributed by atoms with Gasteiger partial charge in [0.2, 0.25) is 0 Å². The van der Waals surface area contributed by atoms with Gasteiger partial charge in [-0.05, 0) is 54.6 Å². The molecule has 0 fully saturated rings. The van der Waals surface area contributed by atoms with E-state index in [9.17, 15) is 4.79 Å². The van der Waals surface area contributed by atoms with Crippen LogP contribution in [0.5, 0.6) is 11.5 Å². The van der Waals surface area contributed by atoms with Crippen LogP contribution in [0.25, 0.3) is 0 Å². The second-order valence-electron chi connectivity index (χ2n) is 6.14. The van der Waals surface area contributed by atoms with E-state index in [1.165, 1.54) is 0 Å². The van der Waals surface area contributed by atoms with E-state index < -0.39 is 5.60 Å². The van der Waals surface area contributed by atoms with Crippen molar-refractivity contribution in [1.82, 2.24) is 0 Å². The quantitative estimate of drug-likeness (QED) is 0.378. The Bertz CT molecular complexity index is 1060. The Morgan fingerprint density at radius 3 is 2.04 bits per heavy atom. The minimum atomic E-state index is -1.10. The van der Waals surface area contributed by atoms with Crippen LogP contribution in [0, 0.1) is 0 Å². The Morgan fingerprint density at radius 1 is 0.808 bits per heavy atom. The van der Waals surface area contributed by atoms with E-state index >= 15 is 0 Å². The van der Waals surface area contributed by atoms with Crippen molar-refractivity contribution in [3.8, 4) is 11.5 Å². The summed E-state index contributed by atoms with van der Waals surface area (Å²) in [5.74, 6) is 0.692. The van der Waals surface area contributed by atoms with Crippen molar-refractivity contribution in [3.63, 3.8) is 0 Å². The lowest BCUT2D eigenvalue weighted by Crippen LogP contribution is -2.33. The molecule has 3 nitrogen and oxygen atoms in total. The molecule has 0 saturated heterocycles. The highest BCUT2D eigenvalue weighted by molar-refractivity contribution is 9.10. The first-order valence-corrected chi connectivity index (χ1v) is 9.35. The third kappa shape index (κ3) is 2.10. The Labute approximate surface area is 167 Å². The highest BCUT2D eigenvalue weighted by Gasteiger charge is 2.53. The van der Waals surface area contributed by atoms with Gasteiger partial charge in [0.1, 0.15) is 11.5 Å². The normalized spacial score (nSPS) is 15.7. The van der Waals surface area contributed by atoms with Crippen LogP contribution < -0.4 is 4.74 Å². The zero-order valence-electron chi connectivity index (χ0n) is 13.1. The summed E-state index contributed by atoms with van der Waals surface area (Å²) in [4.78, 5) is 12.7. The summed E-state index contributed by atoms with van der Waals surface area (Å²) in [5.41, 5.74) is 1.63. The number of hydrogen-bond donors (Lipinski definition) is 0. The van der Waals surface area contributed by atoms with Crippen molar-refractivity contribution < 1.29 is 14.3 Å². The van der Waals surface area contributed by atoms with Crippen LogP contribution in [0.4, 0.5) is 0 Å². The first-order chi connectivity index (χ1) is 12.5. The summed E-state index contributed by atoms with van der Waals surface area (Å²) >= 11 is 15.8. The molecule has 0 N–H and O–H groups in total. The summed E-state index contributed by atoms with van der Waals surface area (Å²) in [7, 11) is 0. The van der Waals surface area contributed by atoms with E-state index in [1.807, 2.05) is 24.3 Å². The van der Waals surface area contributed by atoms with Crippen molar-refractivity contribution in [2.24, 2.45) is 0 Å². The maximum atomic E-state index is 12.7. The number of esters is 1. The smallest absolute Gasteiger partial charge is 0.340 e. The topological polar surface area (TPSA) is 35.5 Å². The van der Waals surface area contributed by atoms with E-state index in [2.05, 4.69) is 15.9 Å². The third-order valence-corrected chi connectivity index (χ3v) is 5.66. The number of halogens is 3. The molecule has 2 aliphatic rings. The highest BCUT2D eigenvalue weighted by Crippen LogP contribution is 2.56. The van der Waals surface area contributed by atoms with Gasteiger partial charge in [0.15, 0.2) is 5.60 Å². The SMILES string of the molecule is O=C1OC2(c3ccc(Cl)cc3Oc3cc(Cl)ccc32)c2cc(Br)ccc21. The second kappa shape index (κ2) is 5.49. The molecule has 128 valence electrons. The Hall–Kier alpha value is -2.01. The molecule has 5 rings (SSSR count). The van der Waals surface area contributed by atoms with Crippen molar-refractivity contribution in [3.05, 3.63) is 91.4 Å². The van der Waals surface area contributed by atoms with Crippen LogP contribution in [-0.2, 0) is 10.3 Å². The number of ether oxygens (including phenoxy) is 2. The lowest BCUT2D eigenvalue weighted by Gasteiger charge is -2.36. The molecule has 0 atom stereocenters. The number of carbonyl (C=O) groups excluding carboxylic acids is 1. The molecule has 1 spiro atoms. The van der Waals surface area contributed by atoms with Gasteiger partial charge in [-0.1, -0.05) is 39.1 Å². The van der Waals surface area contributed by atoms with Crippen LogP contribution in [-0.4, -0.2) is 5.97 Å². The fraction of sp³-hybridized carbons (Fsp3) is 0.0500. The van der Waals surface area contributed by atoms with Gasteiger partial charge in [0.05, 0.1) is 5.56 Å². The van der Waals surface area contributed by atoms with Crippen molar-refractivity contribution >= 4 is 45.1 Å². The summed E-state index contributed by atoms with van der Waals surface area (Å²) in [6.45, 7) is 0. The van der Waals surface area contributed by atoms with Gasteiger partial charge in [-0.25, -0.2) is 4.79 Å². The fourth-order valence-electron chi connectivity index (χ4n) is 3.64. The molecule has 0 radical (unpaired) electrons. The molecule has 0 unspecified atom stereocenters. The molecule has 0 aliphatic carbocycles. The standard InChI is InChI=1S/C20H9BrCl2O3/c21-10-1-4-13-16(7-10)20(26-19(13)24)14-5-2-11(22)8-17(14)25-18-9-12(23)3-6-15(18)20/h1-9H. The predicted octanol–water partition coefficient (Wildman–Crippen LogP) is 6.32. The molecule has 0 bridgehead atoms. The van der Waals surface area contributed by atoms with Gasteiger partial charge in [0.25, 0.3) is 0 Å². The fourth-order valence-corrected chi connectivity index (χ4v) is 4.33. The van der Waals surface area contributed by atoms with Crippen LogP contribution in [0.3, 0.4) is 0 Å². The molecule has 26 heavy (non-hydrogen) atoms. The first-order valence-electron chi connectivity index (χ1n) is 7.80. The second-order valence-corrected chi connectivity index (χ2v) is 7.93. The lowest BCUT2D eigenvalue weighted by atomic mass is 9.78. The highest BCUT2D eigenvalue weighted by atomic mass is 79.9. The first kappa shape index (κ1) is 16.2. The largest absolute Gasteiger partial charge is 0.456 e. The molecule has 0 amide bonds. The van der Waals surface area contributed by atoms with Crippen LogP contribution in [0.2, 0.25) is 10.0 Å². The number of fused-ring (bicyclic) bond motifs is 6. The summed E-state index contributed by atoms with van der Waals surface area (Å²) in [6.07, 6.45) is 0. The Balaban J connectivity index is 1.92. The third-order valence-electron chi connectivity index (χ3n) is 4.69. The molecule has 2 heterocycles. The average Bonchev–Trinajstić information content (AvgIpc) is 2.87. The van der Waals surface area contributed by atoms with Gasteiger partial charge < -0.3 is 9.47 Å². The van der Waals surface area contributed by atoms with Crippen LogP contribution in [0.15, 0.2) is 59.1 Å². The molecule has 6 heteroatoms. The van der Waals surface area contributed by atoms with Crippen LogP contribution in [0.1, 0.15) is 27.0 Å². The Kier molecular flexibility index (Phi) is 3.42. The van der Waals surface area contributed by atoms with Crippen molar-refractivity contribution in [1.29, 1.82) is 0 Å². The van der Waals surface area contributed by atoms with E-state index in [4.69, 9.17) is 32.7 Å². The minimum absolute atomic E-state index is 0.379. The van der Waals surface area contributed by atoms with E-state index in [0.29, 0.717) is 27.1 Å². The molecule has 0 saturated carbocycles. The lowest BCUT2D eigenvalue weighted by molar-refractivity contribution is 0.0224. The Morgan fingerprint density at radius 2 is 1.42 bits per heavy atom. The molecule has 2 aliphatic heterocycles. The van der Waals surface area contributed by atoms with Crippen molar-refractivity contribution in [2.75, 3.05) is 0 Å². The molecular weight excluding hydrogens is 439 g/mol. The summed E-state index contributed by atoms with van der Waals surface area (Å²) in [5, 5.41) is 1.06. The average molecular weight is 448 g/mol. The van der Waals surface area contributed by atoms with Crippen molar-refractivity contribution in [2.45, 2.75) is 5.60 Å². The monoisotopic (exact) mass is 446 g/mol. The molecule has 3 aromatic rings. The number of benzene rings is 3.